The first-order chi connectivity index (χ1) is 6.18. The maximum Gasteiger partial charge on any atom is 0.194 e. The van der Waals surface area contributed by atoms with Crippen LogP contribution in [0.5, 0.6) is 0 Å². The zero-order valence-corrected chi connectivity index (χ0v) is 9.20. The molecule has 1 aliphatic carbocycles. The third kappa shape index (κ3) is 4.47. The molecule has 5 heteroatoms. The molecule has 0 aliphatic heterocycles. The molecule has 0 atom stereocenters. The summed E-state index contributed by atoms with van der Waals surface area (Å²) in [6.45, 7) is 0. The summed E-state index contributed by atoms with van der Waals surface area (Å²) >= 11 is 8.65. The molecule has 0 aromatic rings. The minimum absolute atomic E-state index is 0.372. The molecule has 13 heavy (non-hydrogen) atoms. The Morgan fingerprint density at radius 1 is 1.38 bits per heavy atom. The van der Waals surface area contributed by atoms with E-state index < -0.39 is 0 Å². The summed E-state index contributed by atoms with van der Waals surface area (Å²) in [6.07, 6.45) is 6.12. The van der Waals surface area contributed by atoms with E-state index in [0.29, 0.717) is 16.3 Å². The number of thiol groups is 1. The highest BCUT2D eigenvalue weighted by molar-refractivity contribution is 8.11. The molecular formula is C8H15N3S2. The molecule has 0 aromatic carbocycles. The van der Waals surface area contributed by atoms with Gasteiger partial charge in [0, 0.05) is 0 Å². The lowest BCUT2D eigenvalue weighted by Crippen LogP contribution is -2.34. The molecule has 1 aliphatic rings. The average molecular weight is 217 g/mol. The van der Waals surface area contributed by atoms with Crippen LogP contribution in [0.3, 0.4) is 0 Å². The predicted octanol–water partition coefficient (Wildman–Crippen LogP) is 1.44. The highest BCUT2D eigenvalue weighted by atomic mass is 32.1. The Hall–Kier alpha value is -0.290. The molecule has 1 saturated carbocycles. The van der Waals surface area contributed by atoms with Crippen LogP contribution < -0.4 is 11.1 Å². The molecule has 0 saturated heterocycles. The summed E-state index contributed by atoms with van der Waals surface area (Å²) in [5.74, 6) is 0.395. The minimum Gasteiger partial charge on any atom is -0.370 e. The van der Waals surface area contributed by atoms with Crippen molar-refractivity contribution in [2.75, 3.05) is 0 Å². The van der Waals surface area contributed by atoms with Gasteiger partial charge >= 0.3 is 0 Å². The van der Waals surface area contributed by atoms with Crippen molar-refractivity contribution in [1.82, 2.24) is 5.32 Å². The predicted molar refractivity (Wildman–Crippen MR) is 63.2 cm³/mol. The van der Waals surface area contributed by atoms with Gasteiger partial charge in [-0.1, -0.05) is 31.5 Å². The van der Waals surface area contributed by atoms with Crippen LogP contribution in [-0.4, -0.2) is 16.3 Å². The number of hydrogen-bond acceptors (Lipinski definition) is 2. The molecule has 3 N–H and O–H groups in total. The molecule has 1 rings (SSSR count). The largest absolute Gasteiger partial charge is 0.370 e. The quantitative estimate of drug-likeness (QED) is 0.270. The first-order valence-electron chi connectivity index (χ1n) is 4.51. The molecule has 74 valence electrons. The maximum absolute atomic E-state index is 5.61. The molecular weight excluding hydrogens is 202 g/mol. The number of nitrogens with zero attached hydrogens (tertiary/aromatic N) is 1. The smallest absolute Gasteiger partial charge is 0.194 e. The highest BCUT2D eigenvalue weighted by Gasteiger charge is 2.12. The lowest BCUT2D eigenvalue weighted by molar-refractivity contribution is 0.442. The molecule has 1 fully saturated rings. The Morgan fingerprint density at radius 2 is 2.00 bits per heavy atom. The van der Waals surface area contributed by atoms with Crippen molar-refractivity contribution < 1.29 is 0 Å². The van der Waals surface area contributed by atoms with Gasteiger partial charge in [-0.3, -0.25) is 0 Å². The maximum atomic E-state index is 5.61. The van der Waals surface area contributed by atoms with Crippen molar-refractivity contribution in [3.8, 4) is 0 Å². The molecule has 0 amide bonds. The summed E-state index contributed by atoms with van der Waals surface area (Å²) in [5.41, 5.74) is 5.61. The summed E-state index contributed by atoms with van der Waals surface area (Å²) in [7, 11) is 0. The molecule has 0 unspecified atom stereocenters. The van der Waals surface area contributed by atoms with Crippen LogP contribution >= 0.6 is 24.8 Å². The van der Waals surface area contributed by atoms with Crippen LogP contribution in [0.15, 0.2) is 4.99 Å². The SMILES string of the molecule is NC(=NC1CCCCC1)NC(=S)S. The zero-order valence-electron chi connectivity index (χ0n) is 7.49. The highest BCUT2D eigenvalue weighted by Crippen LogP contribution is 2.19. The number of aliphatic imine (C=N–C) groups is 1. The third-order valence-electron chi connectivity index (χ3n) is 2.13. The van der Waals surface area contributed by atoms with E-state index in [1.807, 2.05) is 0 Å². The third-order valence-corrected chi connectivity index (χ3v) is 2.35. The van der Waals surface area contributed by atoms with E-state index in [1.165, 1.54) is 19.3 Å². The molecule has 3 nitrogen and oxygen atoms in total. The van der Waals surface area contributed by atoms with E-state index in [9.17, 15) is 0 Å². The standard InChI is InChI=1S/C8H15N3S2/c9-7(11-8(12)13)10-6-4-2-1-3-5-6/h6H,1-5H2,(H4,9,10,11,12,13). The fourth-order valence-corrected chi connectivity index (χ4v) is 1.77. The lowest BCUT2D eigenvalue weighted by Gasteiger charge is -2.18. The van der Waals surface area contributed by atoms with Crippen LogP contribution in [0, 0.1) is 0 Å². The van der Waals surface area contributed by atoms with E-state index in [4.69, 9.17) is 18.0 Å². The van der Waals surface area contributed by atoms with Crippen molar-refractivity contribution in [3.63, 3.8) is 0 Å². The zero-order chi connectivity index (χ0) is 9.68. The van der Waals surface area contributed by atoms with E-state index in [0.717, 1.165) is 12.8 Å². The molecule has 0 heterocycles. The van der Waals surface area contributed by atoms with Gasteiger partial charge in [-0.25, -0.2) is 4.99 Å². The first kappa shape index (κ1) is 10.8. The number of thiocarbonyl (C=S) groups is 1. The Balaban J connectivity index is 2.38. The van der Waals surface area contributed by atoms with Gasteiger partial charge in [0.2, 0.25) is 0 Å². The monoisotopic (exact) mass is 217 g/mol. The fraction of sp³-hybridized carbons (Fsp3) is 0.750. The summed E-state index contributed by atoms with van der Waals surface area (Å²) in [5, 5.41) is 2.71. The second kappa shape index (κ2) is 5.44. The molecule has 0 spiro atoms. The molecule has 0 aromatic heterocycles. The van der Waals surface area contributed by atoms with Crippen molar-refractivity contribution in [1.29, 1.82) is 0 Å². The summed E-state index contributed by atoms with van der Waals surface area (Å²) < 4.78 is 0.372. The molecule has 0 radical (unpaired) electrons. The van der Waals surface area contributed by atoms with Gasteiger partial charge in [0.1, 0.15) is 4.32 Å². The van der Waals surface area contributed by atoms with E-state index >= 15 is 0 Å². The minimum atomic E-state index is 0.372. The van der Waals surface area contributed by atoms with Gasteiger partial charge in [0.15, 0.2) is 5.96 Å². The van der Waals surface area contributed by atoms with Crippen LogP contribution in [0.4, 0.5) is 0 Å². The van der Waals surface area contributed by atoms with Gasteiger partial charge in [-0.15, -0.1) is 12.6 Å². The van der Waals surface area contributed by atoms with Gasteiger partial charge in [-0.2, -0.15) is 0 Å². The summed E-state index contributed by atoms with van der Waals surface area (Å²) in [4.78, 5) is 4.32. The van der Waals surface area contributed by atoms with E-state index in [1.54, 1.807) is 0 Å². The van der Waals surface area contributed by atoms with Crippen molar-refractivity contribution in [2.45, 2.75) is 38.1 Å². The van der Waals surface area contributed by atoms with Crippen LogP contribution in [0.2, 0.25) is 0 Å². The number of hydrogen-bond donors (Lipinski definition) is 3. The van der Waals surface area contributed by atoms with E-state index in [2.05, 4.69) is 22.9 Å². The van der Waals surface area contributed by atoms with Crippen LogP contribution in [0.1, 0.15) is 32.1 Å². The Labute approximate surface area is 89.6 Å². The van der Waals surface area contributed by atoms with Gasteiger partial charge in [-0.05, 0) is 12.8 Å². The first-order valence-corrected chi connectivity index (χ1v) is 5.37. The van der Waals surface area contributed by atoms with Gasteiger partial charge in [0.05, 0.1) is 6.04 Å². The summed E-state index contributed by atoms with van der Waals surface area (Å²) in [6, 6.07) is 0.379. The second-order valence-corrected chi connectivity index (χ2v) is 4.39. The number of guanidine groups is 1. The Morgan fingerprint density at radius 3 is 2.54 bits per heavy atom. The number of nitrogens with one attached hydrogen (secondary N) is 1. The Kier molecular flexibility index (Phi) is 4.52. The second-order valence-electron chi connectivity index (χ2n) is 3.24. The van der Waals surface area contributed by atoms with Crippen molar-refractivity contribution in [3.05, 3.63) is 0 Å². The average Bonchev–Trinajstić information content (AvgIpc) is 2.04. The van der Waals surface area contributed by atoms with Crippen molar-refractivity contribution >= 4 is 35.1 Å². The van der Waals surface area contributed by atoms with Gasteiger partial charge in [0.25, 0.3) is 0 Å². The number of nitrogens with two attached hydrogens (primary N) is 1. The van der Waals surface area contributed by atoms with Crippen LogP contribution in [-0.2, 0) is 0 Å². The topological polar surface area (TPSA) is 50.4 Å². The number of rotatable bonds is 1. The van der Waals surface area contributed by atoms with Crippen LogP contribution in [0.25, 0.3) is 0 Å². The lowest BCUT2D eigenvalue weighted by atomic mass is 9.96. The van der Waals surface area contributed by atoms with Gasteiger partial charge < -0.3 is 11.1 Å². The molecule has 0 bridgehead atoms. The van der Waals surface area contributed by atoms with E-state index in [-0.39, 0.29) is 0 Å². The fourth-order valence-electron chi connectivity index (χ4n) is 1.55. The normalized spacial score (nSPS) is 19.9. The Bertz CT molecular complexity index is 209. The van der Waals surface area contributed by atoms with Crippen molar-refractivity contribution in [2.24, 2.45) is 10.7 Å².